The van der Waals surface area contributed by atoms with E-state index in [0.29, 0.717) is 38.0 Å². The summed E-state index contributed by atoms with van der Waals surface area (Å²) >= 11 is 0. The molecule has 1 aromatic carbocycles. The van der Waals surface area contributed by atoms with E-state index < -0.39 is 0 Å². The van der Waals surface area contributed by atoms with Crippen molar-refractivity contribution >= 4 is 11.8 Å². The fourth-order valence-electron chi connectivity index (χ4n) is 2.44. The van der Waals surface area contributed by atoms with Gasteiger partial charge in [-0.25, -0.2) is 0 Å². The number of piperidine rings is 1. The van der Waals surface area contributed by atoms with E-state index in [1.165, 1.54) is 0 Å². The van der Waals surface area contributed by atoms with Gasteiger partial charge in [-0.05, 0) is 24.5 Å². The van der Waals surface area contributed by atoms with Crippen LogP contribution >= 0.6 is 0 Å². The highest BCUT2D eigenvalue weighted by atomic mass is 16.2. The van der Waals surface area contributed by atoms with Gasteiger partial charge in [0, 0.05) is 31.1 Å². The van der Waals surface area contributed by atoms with E-state index in [1.807, 2.05) is 18.2 Å². The molecule has 0 atom stereocenters. The molecule has 0 radical (unpaired) electrons. The van der Waals surface area contributed by atoms with Crippen LogP contribution in [0.4, 0.5) is 0 Å². The topological polar surface area (TPSA) is 89.4 Å². The van der Waals surface area contributed by atoms with E-state index in [0.717, 1.165) is 5.56 Å². The van der Waals surface area contributed by atoms with Crippen molar-refractivity contribution in [2.24, 2.45) is 17.4 Å². The number of likely N-dealkylation sites (tertiary alicyclic amines) is 1. The van der Waals surface area contributed by atoms with E-state index >= 15 is 0 Å². The molecule has 19 heavy (non-hydrogen) atoms. The number of amides is 2. The van der Waals surface area contributed by atoms with Crippen LogP contribution in [0.5, 0.6) is 0 Å². The first kappa shape index (κ1) is 13.5. The predicted octanol–water partition coefficient (Wildman–Crippen LogP) is 0.483. The van der Waals surface area contributed by atoms with E-state index in [9.17, 15) is 9.59 Å². The molecule has 2 amide bonds. The van der Waals surface area contributed by atoms with Gasteiger partial charge in [0.05, 0.1) is 0 Å². The minimum atomic E-state index is -0.269. The molecule has 102 valence electrons. The molecule has 0 saturated carbocycles. The second-order valence-electron chi connectivity index (χ2n) is 4.83. The molecule has 1 aliphatic heterocycles. The molecule has 5 heteroatoms. The van der Waals surface area contributed by atoms with Crippen LogP contribution in [-0.4, -0.2) is 29.8 Å². The molecule has 0 unspecified atom stereocenters. The second kappa shape index (κ2) is 5.84. The molecule has 0 aromatic heterocycles. The number of hydrogen-bond donors (Lipinski definition) is 2. The number of nitrogens with two attached hydrogens (primary N) is 2. The van der Waals surface area contributed by atoms with Gasteiger partial charge in [0.15, 0.2) is 0 Å². The molecule has 1 aromatic rings. The van der Waals surface area contributed by atoms with Gasteiger partial charge in [0.2, 0.25) is 5.91 Å². The van der Waals surface area contributed by atoms with Crippen molar-refractivity contribution in [2.45, 2.75) is 19.4 Å². The Bertz CT molecular complexity index is 479. The van der Waals surface area contributed by atoms with Crippen LogP contribution < -0.4 is 11.5 Å². The summed E-state index contributed by atoms with van der Waals surface area (Å²) in [4.78, 5) is 25.3. The Morgan fingerprint density at radius 1 is 1.21 bits per heavy atom. The molecule has 0 aliphatic carbocycles. The number of primary amides is 1. The van der Waals surface area contributed by atoms with Crippen LogP contribution in [0.1, 0.15) is 28.8 Å². The van der Waals surface area contributed by atoms with Crippen molar-refractivity contribution in [3.8, 4) is 0 Å². The molecule has 1 saturated heterocycles. The van der Waals surface area contributed by atoms with E-state index in [-0.39, 0.29) is 17.7 Å². The fraction of sp³-hybridized carbons (Fsp3) is 0.429. The van der Waals surface area contributed by atoms with Gasteiger partial charge in [0.25, 0.3) is 5.91 Å². The van der Waals surface area contributed by atoms with Gasteiger partial charge < -0.3 is 16.4 Å². The Hall–Kier alpha value is -1.88. The fourth-order valence-corrected chi connectivity index (χ4v) is 2.44. The Morgan fingerprint density at radius 3 is 2.42 bits per heavy atom. The molecule has 1 heterocycles. The Labute approximate surface area is 112 Å². The molecular formula is C14H19N3O2. The van der Waals surface area contributed by atoms with Gasteiger partial charge in [-0.3, -0.25) is 9.59 Å². The molecule has 0 spiro atoms. The van der Waals surface area contributed by atoms with E-state index in [4.69, 9.17) is 11.5 Å². The normalized spacial score (nSPS) is 16.4. The van der Waals surface area contributed by atoms with Crippen molar-refractivity contribution in [3.63, 3.8) is 0 Å². The number of carbonyl (C=O) groups is 2. The van der Waals surface area contributed by atoms with Crippen molar-refractivity contribution < 1.29 is 9.59 Å². The van der Waals surface area contributed by atoms with Gasteiger partial charge in [-0.2, -0.15) is 0 Å². The Balaban J connectivity index is 2.07. The van der Waals surface area contributed by atoms with E-state index in [1.54, 1.807) is 11.0 Å². The lowest BCUT2D eigenvalue weighted by Crippen LogP contribution is -2.42. The van der Waals surface area contributed by atoms with Crippen molar-refractivity contribution in [1.82, 2.24) is 4.90 Å². The van der Waals surface area contributed by atoms with Crippen LogP contribution in [0.15, 0.2) is 24.3 Å². The highest BCUT2D eigenvalue weighted by Gasteiger charge is 2.27. The average molecular weight is 261 g/mol. The summed E-state index contributed by atoms with van der Waals surface area (Å²) in [6.45, 7) is 1.50. The highest BCUT2D eigenvalue weighted by molar-refractivity contribution is 5.95. The molecule has 5 nitrogen and oxygen atoms in total. The van der Waals surface area contributed by atoms with Crippen molar-refractivity contribution in [3.05, 3.63) is 35.4 Å². The Kier molecular flexibility index (Phi) is 4.16. The summed E-state index contributed by atoms with van der Waals surface area (Å²) in [5.74, 6) is -0.382. The monoisotopic (exact) mass is 261 g/mol. The smallest absolute Gasteiger partial charge is 0.254 e. The molecule has 1 aliphatic rings. The zero-order valence-electron chi connectivity index (χ0n) is 10.8. The number of carbonyl (C=O) groups excluding carboxylic acids is 2. The number of benzene rings is 1. The number of rotatable bonds is 3. The minimum Gasteiger partial charge on any atom is -0.369 e. The van der Waals surface area contributed by atoms with Crippen LogP contribution in [-0.2, 0) is 11.3 Å². The highest BCUT2D eigenvalue weighted by Crippen LogP contribution is 2.20. The summed E-state index contributed by atoms with van der Waals surface area (Å²) in [5, 5.41) is 0. The predicted molar refractivity (Wildman–Crippen MR) is 72.2 cm³/mol. The van der Waals surface area contributed by atoms with Crippen LogP contribution in [0.2, 0.25) is 0 Å². The summed E-state index contributed by atoms with van der Waals surface area (Å²) in [7, 11) is 0. The van der Waals surface area contributed by atoms with Gasteiger partial charge in [0.1, 0.15) is 0 Å². The third kappa shape index (κ3) is 2.93. The van der Waals surface area contributed by atoms with Crippen LogP contribution in [0.25, 0.3) is 0 Å². The maximum absolute atomic E-state index is 12.4. The Morgan fingerprint density at radius 2 is 1.84 bits per heavy atom. The maximum Gasteiger partial charge on any atom is 0.254 e. The number of hydrogen-bond acceptors (Lipinski definition) is 3. The summed E-state index contributed by atoms with van der Waals surface area (Å²) < 4.78 is 0. The van der Waals surface area contributed by atoms with E-state index in [2.05, 4.69) is 0 Å². The lowest BCUT2D eigenvalue weighted by molar-refractivity contribution is -0.123. The lowest BCUT2D eigenvalue weighted by atomic mass is 9.95. The third-order valence-corrected chi connectivity index (χ3v) is 3.65. The first-order valence-electron chi connectivity index (χ1n) is 6.50. The first-order chi connectivity index (χ1) is 9.13. The van der Waals surface area contributed by atoms with Gasteiger partial charge >= 0.3 is 0 Å². The minimum absolute atomic E-state index is 0.0102. The zero-order valence-corrected chi connectivity index (χ0v) is 10.8. The van der Waals surface area contributed by atoms with Gasteiger partial charge in [-0.1, -0.05) is 18.2 Å². The second-order valence-corrected chi connectivity index (χ2v) is 4.83. The largest absolute Gasteiger partial charge is 0.369 e. The molecular weight excluding hydrogens is 242 g/mol. The summed E-state index contributed by atoms with van der Waals surface area (Å²) in [6.07, 6.45) is 1.29. The van der Waals surface area contributed by atoms with Crippen LogP contribution in [0, 0.1) is 5.92 Å². The molecule has 0 bridgehead atoms. The SMILES string of the molecule is NCc1ccccc1C(=O)N1CCC(C(N)=O)CC1. The standard InChI is InChI=1S/C14H19N3O2/c15-9-11-3-1-2-4-12(11)14(19)17-7-5-10(6-8-17)13(16)18/h1-4,10H,5-9,15H2,(H2,16,18). The number of nitrogens with zero attached hydrogens (tertiary/aromatic N) is 1. The quantitative estimate of drug-likeness (QED) is 0.829. The molecule has 4 N–H and O–H groups in total. The summed E-state index contributed by atoms with van der Waals surface area (Å²) in [5.41, 5.74) is 12.4. The lowest BCUT2D eigenvalue weighted by Gasteiger charge is -2.31. The van der Waals surface area contributed by atoms with Gasteiger partial charge in [-0.15, -0.1) is 0 Å². The molecule has 1 fully saturated rings. The third-order valence-electron chi connectivity index (χ3n) is 3.65. The maximum atomic E-state index is 12.4. The zero-order chi connectivity index (χ0) is 13.8. The van der Waals surface area contributed by atoms with Crippen molar-refractivity contribution in [1.29, 1.82) is 0 Å². The average Bonchev–Trinajstić information content (AvgIpc) is 2.46. The van der Waals surface area contributed by atoms with Crippen LogP contribution in [0.3, 0.4) is 0 Å². The van der Waals surface area contributed by atoms with Crippen molar-refractivity contribution in [2.75, 3.05) is 13.1 Å². The molecule has 2 rings (SSSR count). The first-order valence-corrected chi connectivity index (χ1v) is 6.50. The summed E-state index contributed by atoms with van der Waals surface area (Å²) in [6, 6.07) is 7.37.